The number of hydrogen-bond donors (Lipinski definition) is 0. The summed E-state index contributed by atoms with van der Waals surface area (Å²) in [6, 6.07) is 0. The molecule has 6 nitrogen and oxygen atoms in total. The topological polar surface area (TPSA) is 80.8 Å². The number of carbonyl (C=O) groups excluding carboxylic acids is 2. The first-order chi connectivity index (χ1) is 19.8. The molecule has 0 aromatic carbocycles. The van der Waals surface area contributed by atoms with Gasteiger partial charge in [0.25, 0.3) is 0 Å². The third-order valence-electron chi connectivity index (χ3n) is 14.9. The van der Waals surface area contributed by atoms with Crippen molar-refractivity contribution in [2.24, 2.45) is 50.2 Å². The van der Waals surface area contributed by atoms with Crippen LogP contribution in [0.15, 0.2) is 11.6 Å². The summed E-state index contributed by atoms with van der Waals surface area (Å²) in [6.07, 6.45) is 12.9. The van der Waals surface area contributed by atoms with E-state index in [0.29, 0.717) is 24.9 Å². The summed E-state index contributed by atoms with van der Waals surface area (Å²) in [5, 5.41) is 0. The molecule has 242 valence electrons. The molecule has 6 rings (SSSR count). The molecule has 5 fully saturated rings. The van der Waals surface area contributed by atoms with Gasteiger partial charge in [-0.1, -0.05) is 60.1 Å². The van der Waals surface area contributed by atoms with Gasteiger partial charge in [-0.25, -0.2) is 8.42 Å². The van der Waals surface area contributed by atoms with E-state index in [1.807, 2.05) is 4.90 Å². The summed E-state index contributed by atoms with van der Waals surface area (Å²) in [5.41, 5.74) is 1.62. The third-order valence-corrected chi connectivity index (χ3v) is 16.6. The Morgan fingerprint density at radius 2 is 1.51 bits per heavy atom. The molecular formula is C36H57NO5S. The molecule has 0 aromatic heterocycles. The van der Waals surface area contributed by atoms with Crippen LogP contribution in [0.4, 0.5) is 0 Å². The Morgan fingerprint density at radius 1 is 0.860 bits per heavy atom. The van der Waals surface area contributed by atoms with Crippen LogP contribution in [0.5, 0.6) is 0 Å². The standard InChI is InChI=1S/C36H57NO5S/c1-24(38)42-29-12-13-33(6)27(32(29,4)5)11-14-35(8)28(33)10-9-25-26-23-31(2,3)15-17-36(26,18-16-34(25,35)7)30(39)37-19-21-43(40,41)22-20-37/h9,26-29H,10-23H2,1-8H3/t26-,27-,28+,29-,33-,34+,35+,36-/m0/s1. The van der Waals surface area contributed by atoms with Gasteiger partial charge in [-0.3, -0.25) is 9.59 Å². The highest BCUT2D eigenvalue weighted by atomic mass is 32.2. The van der Waals surface area contributed by atoms with Gasteiger partial charge in [0.2, 0.25) is 5.91 Å². The maximum atomic E-state index is 14.6. The van der Waals surface area contributed by atoms with Gasteiger partial charge >= 0.3 is 5.97 Å². The highest BCUT2D eigenvalue weighted by Gasteiger charge is 2.69. The van der Waals surface area contributed by atoms with E-state index in [-0.39, 0.29) is 62.5 Å². The minimum Gasteiger partial charge on any atom is -0.462 e. The molecule has 0 unspecified atom stereocenters. The van der Waals surface area contributed by atoms with Gasteiger partial charge in [-0.05, 0) is 104 Å². The average molecular weight is 616 g/mol. The number of rotatable bonds is 2. The zero-order chi connectivity index (χ0) is 31.4. The number of ether oxygens (including phenoxy) is 1. The monoisotopic (exact) mass is 615 g/mol. The molecule has 1 saturated heterocycles. The number of allylic oxidation sites excluding steroid dienone is 2. The molecule has 0 spiro atoms. The van der Waals surface area contributed by atoms with Crippen LogP contribution >= 0.6 is 0 Å². The minimum absolute atomic E-state index is 0.0201. The molecule has 1 aliphatic heterocycles. The van der Waals surface area contributed by atoms with Gasteiger partial charge in [0.1, 0.15) is 6.10 Å². The van der Waals surface area contributed by atoms with E-state index in [2.05, 4.69) is 54.5 Å². The molecule has 1 heterocycles. The van der Waals surface area contributed by atoms with Crippen molar-refractivity contribution in [3.05, 3.63) is 11.6 Å². The summed E-state index contributed by atoms with van der Waals surface area (Å²) in [6.45, 7) is 19.4. The van der Waals surface area contributed by atoms with Crippen LogP contribution in [0.2, 0.25) is 0 Å². The lowest BCUT2D eigenvalue weighted by molar-refractivity contribution is -0.212. The summed E-state index contributed by atoms with van der Waals surface area (Å²) in [4.78, 5) is 28.5. The van der Waals surface area contributed by atoms with Crippen LogP contribution in [0.3, 0.4) is 0 Å². The van der Waals surface area contributed by atoms with Crippen molar-refractivity contribution in [3.63, 3.8) is 0 Å². The van der Waals surface area contributed by atoms with Crippen molar-refractivity contribution >= 4 is 21.7 Å². The Balaban J connectivity index is 1.37. The van der Waals surface area contributed by atoms with Crippen LogP contribution < -0.4 is 0 Å². The maximum absolute atomic E-state index is 14.6. The van der Waals surface area contributed by atoms with Gasteiger partial charge < -0.3 is 9.64 Å². The normalized spacial score (nSPS) is 46.2. The predicted octanol–water partition coefficient (Wildman–Crippen LogP) is 6.98. The Morgan fingerprint density at radius 3 is 2.16 bits per heavy atom. The fourth-order valence-electron chi connectivity index (χ4n) is 12.2. The molecule has 4 saturated carbocycles. The molecule has 8 atom stereocenters. The molecule has 0 N–H and O–H groups in total. The molecule has 43 heavy (non-hydrogen) atoms. The number of nitrogens with zero attached hydrogens (tertiary/aromatic N) is 1. The molecule has 0 bridgehead atoms. The zero-order valence-corrected chi connectivity index (χ0v) is 29.0. The van der Waals surface area contributed by atoms with Crippen LogP contribution in [0, 0.1) is 50.2 Å². The van der Waals surface area contributed by atoms with Crippen molar-refractivity contribution in [2.45, 2.75) is 126 Å². The fraction of sp³-hybridized carbons (Fsp3) is 0.889. The average Bonchev–Trinajstić information content (AvgIpc) is 2.90. The van der Waals surface area contributed by atoms with E-state index in [1.54, 1.807) is 12.5 Å². The first kappa shape index (κ1) is 31.6. The van der Waals surface area contributed by atoms with Crippen LogP contribution in [-0.2, 0) is 24.2 Å². The minimum atomic E-state index is -3.04. The SMILES string of the molecule is CC(=O)O[C@H]1CC[C@]2(C)[C@H]3CC=C4[C@@H]5CC(C)(C)CC[C@]5(C(=O)N5CCS(=O)(=O)CC5)CC[C@@]4(C)[C@]3(C)CC[C@H]2C1(C)C. The zero-order valence-electron chi connectivity index (χ0n) is 28.2. The van der Waals surface area contributed by atoms with Crippen molar-refractivity contribution in [1.82, 2.24) is 4.90 Å². The van der Waals surface area contributed by atoms with E-state index in [1.165, 1.54) is 6.42 Å². The van der Waals surface area contributed by atoms with Crippen molar-refractivity contribution < 1.29 is 22.7 Å². The smallest absolute Gasteiger partial charge is 0.302 e. The summed E-state index contributed by atoms with van der Waals surface area (Å²) >= 11 is 0. The lowest BCUT2D eigenvalue weighted by Gasteiger charge is -2.71. The Hall–Kier alpha value is -1.37. The van der Waals surface area contributed by atoms with Gasteiger partial charge in [0.05, 0.1) is 16.9 Å². The molecule has 1 amide bonds. The summed E-state index contributed by atoms with van der Waals surface area (Å²) < 4.78 is 30.4. The number of amides is 1. The highest BCUT2D eigenvalue weighted by Crippen LogP contribution is 2.76. The number of esters is 1. The van der Waals surface area contributed by atoms with Crippen molar-refractivity contribution in [2.75, 3.05) is 24.6 Å². The van der Waals surface area contributed by atoms with Gasteiger partial charge in [-0.15, -0.1) is 0 Å². The highest BCUT2D eigenvalue weighted by molar-refractivity contribution is 7.91. The molecule has 0 aromatic rings. The number of sulfone groups is 1. The van der Waals surface area contributed by atoms with Crippen LogP contribution in [-0.4, -0.2) is 55.9 Å². The van der Waals surface area contributed by atoms with Crippen molar-refractivity contribution in [1.29, 1.82) is 0 Å². The molecular weight excluding hydrogens is 558 g/mol. The maximum Gasteiger partial charge on any atom is 0.302 e. The van der Waals surface area contributed by atoms with E-state index in [4.69, 9.17) is 4.74 Å². The Bertz CT molecular complexity index is 1320. The van der Waals surface area contributed by atoms with Gasteiger partial charge in [0, 0.05) is 25.4 Å². The second kappa shape index (κ2) is 9.82. The van der Waals surface area contributed by atoms with Crippen molar-refractivity contribution in [3.8, 4) is 0 Å². The van der Waals surface area contributed by atoms with Gasteiger partial charge in [-0.2, -0.15) is 0 Å². The number of carbonyl (C=O) groups is 2. The molecule has 5 aliphatic carbocycles. The Labute approximate surface area is 261 Å². The molecule has 0 radical (unpaired) electrons. The first-order valence-corrected chi connectivity index (χ1v) is 19.0. The van der Waals surface area contributed by atoms with Crippen LogP contribution in [0.1, 0.15) is 120 Å². The first-order valence-electron chi connectivity index (χ1n) is 17.2. The fourth-order valence-corrected chi connectivity index (χ4v) is 13.4. The van der Waals surface area contributed by atoms with E-state index in [9.17, 15) is 18.0 Å². The lowest BCUT2D eigenvalue weighted by Crippen LogP contribution is -2.66. The van der Waals surface area contributed by atoms with E-state index >= 15 is 0 Å². The second-order valence-corrected chi connectivity index (χ2v) is 20.1. The third kappa shape index (κ3) is 4.53. The quantitative estimate of drug-likeness (QED) is 0.247. The largest absolute Gasteiger partial charge is 0.462 e. The van der Waals surface area contributed by atoms with E-state index in [0.717, 1.165) is 57.8 Å². The second-order valence-electron chi connectivity index (χ2n) is 17.8. The predicted molar refractivity (Wildman–Crippen MR) is 170 cm³/mol. The lowest BCUT2D eigenvalue weighted by atomic mass is 9.33. The number of hydrogen-bond acceptors (Lipinski definition) is 5. The van der Waals surface area contributed by atoms with Gasteiger partial charge in [0.15, 0.2) is 9.84 Å². The molecule has 7 heteroatoms. The summed E-state index contributed by atoms with van der Waals surface area (Å²) in [5.74, 6) is 1.54. The Kier molecular flexibility index (Phi) is 7.21. The van der Waals surface area contributed by atoms with E-state index < -0.39 is 15.3 Å². The van der Waals surface area contributed by atoms with Crippen LogP contribution in [0.25, 0.3) is 0 Å². The number of fused-ring (bicyclic) bond motifs is 7. The summed E-state index contributed by atoms with van der Waals surface area (Å²) in [7, 11) is -3.04. The molecule has 6 aliphatic rings.